The minimum absolute atomic E-state index is 1.33. The van der Waals surface area contributed by atoms with Crippen LogP contribution in [-0.2, 0) is 19.9 Å². The topological polar surface area (TPSA) is 52.6 Å². The molecule has 0 aliphatic rings. The van der Waals surface area contributed by atoms with Crippen LogP contribution >= 0.6 is 0 Å². The summed E-state index contributed by atoms with van der Waals surface area (Å²) < 4.78 is 159. The second-order valence-corrected chi connectivity index (χ2v) is 4.82. The van der Waals surface area contributed by atoms with Gasteiger partial charge < -0.3 is 4.74 Å². The molecule has 0 aromatic rings. The Morgan fingerprint density at radius 3 is 1.50 bits per heavy atom. The number of hydrogen-bond donors (Lipinski definition) is 0. The first-order valence-electron chi connectivity index (χ1n) is 4.66. The summed E-state index contributed by atoms with van der Waals surface area (Å²) in [5.41, 5.74) is 0. The van der Waals surface area contributed by atoms with E-state index in [0.717, 1.165) is 0 Å². The Bertz CT molecular complexity index is 524. The Morgan fingerprint density at radius 1 is 0.958 bits per heavy atom. The summed E-state index contributed by atoms with van der Waals surface area (Å²) >= 11 is 0. The molecule has 0 rings (SSSR count). The summed E-state index contributed by atoms with van der Waals surface area (Å²) in [6.45, 7) is 2.23. The number of alkyl halides is 9. The zero-order chi connectivity index (χ0) is 20.2. The summed E-state index contributed by atoms with van der Waals surface area (Å²) in [4.78, 5) is 1.33. The summed E-state index contributed by atoms with van der Waals surface area (Å²) in [6, 6.07) is -1.95. The van der Waals surface area contributed by atoms with Crippen molar-refractivity contribution in [3.05, 3.63) is 12.6 Å². The molecule has 0 aliphatic carbocycles. The number of hydrogen-bond acceptors (Lipinski definition) is 4. The molecular weight excluding hydrogens is 408 g/mol. The first-order chi connectivity index (χ1) is 10.2. The molecule has 0 spiro atoms. The molecule has 0 aromatic carbocycles. The maximum absolute atomic E-state index is 11.9. The van der Waals surface area contributed by atoms with Gasteiger partial charge in [-0.05, 0) is 11.1 Å². The third-order valence-electron chi connectivity index (χ3n) is 1.41. The lowest BCUT2D eigenvalue weighted by molar-refractivity contribution is -0.403. The highest BCUT2D eigenvalue weighted by Crippen LogP contribution is 2.40. The van der Waals surface area contributed by atoms with Gasteiger partial charge in [-0.3, -0.25) is 0 Å². The number of ether oxygens (including phenoxy) is 1. The standard InChI is InChI=1S/C5H4F6O.C2F6O3S/c1-3(6)12-5(10,11)2-4(7,8)9;3-1(4,11-7)2(5,6)12(8,9)10/h1-2H2;. The normalized spacial score (nSPS) is 13.8. The lowest BCUT2D eigenvalue weighted by Crippen LogP contribution is -2.45. The smallest absolute Gasteiger partial charge is 0.406 e. The molecule has 0 saturated carbocycles. The molecule has 17 heteroatoms. The van der Waals surface area contributed by atoms with Crippen molar-refractivity contribution in [1.82, 2.24) is 0 Å². The summed E-state index contributed by atoms with van der Waals surface area (Å²) in [5, 5.41) is -6.24. The van der Waals surface area contributed by atoms with E-state index >= 15 is 0 Å². The van der Waals surface area contributed by atoms with Crippen LogP contribution in [-0.4, -0.2) is 32.1 Å². The molecule has 0 saturated heterocycles. The molecule has 0 heterocycles. The van der Waals surface area contributed by atoms with Gasteiger partial charge in [-0.25, -0.2) is 0 Å². The monoisotopic (exact) mass is 412 g/mol. The fourth-order valence-corrected chi connectivity index (χ4v) is 0.934. The third kappa shape index (κ3) is 8.46. The Morgan fingerprint density at radius 2 is 1.33 bits per heavy atom. The largest absolute Gasteiger partial charge is 0.468 e. The van der Waals surface area contributed by atoms with Gasteiger partial charge >= 0.3 is 33.9 Å². The van der Waals surface area contributed by atoms with Gasteiger partial charge in [0.15, 0.2) is 0 Å². The molecule has 0 aromatic heterocycles. The Kier molecular flexibility index (Phi) is 7.94. The van der Waals surface area contributed by atoms with Gasteiger partial charge in [0.1, 0.15) is 6.42 Å². The molecule has 24 heavy (non-hydrogen) atoms. The van der Waals surface area contributed by atoms with Crippen LogP contribution in [0.3, 0.4) is 0 Å². The molecule has 0 unspecified atom stereocenters. The molecule has 0 amide bonds. The van der Waals surface area contributed by atoms with Crippen LogP contribution < -0.4 is 0 Å². The highest BCUT2D eigenvalue weighted by molar-refractivity contribution is 7.87. The zero-order valence-electron chi connectivity index (χ0n) is 10.5. The van der Waals surface area contributed by atoms with Crippen molar-refractivity contribution < 1.29 is 70.4 Å². The van der Waals surface area contributed by atoms with Crippen LogP contribution in [0.15, 0.2) is 12.6 Å². The van der Waals surface area contributed by atoms with E-state index in [1.54, 1.807) is 0 Å². The van der Waals surface area contributed by atoms with E-state index < -0.39 is 46.3 Å². The van der Waals surface area contributed by atoms with Crippen molar-refractivity contribution >= 4 is 10.2 Å². The van der Waals surface area contributed by atoms with E-state index in [1.165, 1.54) is 4.94 Å². The molecule has 0 fully saturated rings. The van der Waals surface area contributed by atoms with E-state index in [9.17, 15) is 60.7 Å². The molecule has 0 aliphatic heterocycles. The van der Waals surface area contributed by atoms with Crippen LogP contribution in [0.25, 0.3) is 0 Å². The lowest BCUT2D eigenvalue weighted by atomic mass is 10.4. The molecular formula is C7H4F12O4S. The fraction of sp³-hybridized carbons (Fsp3) is 0.714. The zero-order valence-corrected chi connectivity index (χ0v) is 11.3. The van der Waals surface area contributed by atoms with Crippen LogP contribution in [0.4, 0.5) is 52.3 Å². The van der Waals surface area contributed by atoms with Crippen molar-refractivity contribution in [3.8, 4) is 0 Å². The third-order valence-corrected chi connectivity index (χ3v) is 2.26. The maximum Gasteiger partial charge on any atom is 0.468 e. The van der Waals surface area contributed by atoms with Gasteiger partial charge in [-0.15, -0.1) is 4.94 Å². The summed E-state index contributed by atoms with van der Waals surface area (Å²) in [7, 11) is -6.92. The molecule has 146 valence electrons. The first kappa shape index (κ1) is 24.9. The van der Waals surface area contributed by atoms with Gasteiger partial charge in [-0.2, -0.15) is 52.3 Å². The van der Waals surface area contributed by atoms with Gasteiger partial charge in [0.2, 0.25) is 0 Å². The van der Waals surface area contributed by atoms with E-state index in [0.29, 0.717) is 0 Å². The average molecular weight is 412 g/mol. The average Bonchev–Trinajstić information content (AvgIpc) is 2.22. The van der Waals surface area contributed by atoms with E-state index in [4.69, 9.17) is 0 Å². The molecule has 0 radical (unpaired) electrons. The number of rotatable bonds is 6. The molecule has 0 N–H and O–H groups in total. The van der Waals surface area contributed by atoms with Gasteiger partial charge in [-0.1, -0.05) is 3.89 Å². The quantitative estimate of drug-likeness (QED) is 0.370. The van der Waals surface area contributed by atoms with Crippen molar-refractivity contribution in [2.24, 2.45) is 0 Å². The van der Waals surface area contributed by atoms with Crippen LogP contribution in [0.2, 0.25) is 0 Å². The minimum atomic E-state index is -6.92. The second kappa shape index (κ2) is 7.66. The number of halogens is 12. The predicted octanol–water partition coefficient (Wildman–Crippen LogP) is 4.36. The van der Waals surface area contributed by atoms with Crippen molar-refractivity contribution in [3.63, 3.8) is 0 Å². The van der Waals surface area contributed by atoms with Crippen LogP contribution in [0, 0.1) is 0 Å². The first-order valence-corrected chi connectivity index (χ1v) is 6.04. The Balaban J connectivity index is 0. The highest BCUT2D eigenvalue weighted by Gasteiger charge is 2.69. The molecule has 0 atom stereocenters. The van der Waals surface area contributed by atoms with Crippen LogP contribution in [0.1, 0.15) is 6.42 Å². The molecule has 0 bridgehead atoms. The minimum Gasteiger partial charge on any atom is -0.406 e. The van der Waals surface area contributed by atoms with Crippen molar-refractivity contribution in [1.29, 1.82) is 0 Å². The highest BCUT2D eigenvalue weighted by atomic mass is 32.3. The maximum atomic E-state index is 11.9. The SMILES string of the molecule is C=C(F)OC(F)(F)CC(F)(F)F.O=S(=O)(F)C(F)(F)C(F)(F)OF. The summed E-state index contributed by atoms with van der Waals surface area (Å²) in [5.74, 6) is 0. The fourth-order valence-electron chi connectivity index (χ4n) is 0.618. The summed E-state index contributed by atoms with van der Waals surface area (Å²) in [6.07, 6.45) is -18.3. The van der Waals surface area contributed by atoms with E-state index in [-0.39, 0.29) is 0 Å². The van der Waals surface area contributed by atoms with Gasteiger partial charge in [0.05, 0.1) is 0 Å². The van der Waals surface area contributed by atoms with E-state index in [2.05, 4.69) is 11.3 Å². The predicted molar refractivity (Wildman–Crippen MR) is 49.1 cm³/mol. The van der Waals surface area contributed by atoms with Gasteiger partial charge in [0, 0.05) is 0 Å². The second-order valence-electron chi connectivity index (χ2n) is 3.44. The Hall–Kier alpha value is -1.39. The van der Waals surface area contributed by atoms with Crippen molar-refractivity contribution in [2.75, 3.05) is 0 Å². The van der Waals surface area contributed by atoms with Crippen LogP contribution in [0.5, 0.6) is 0 Å². The van der Waals surface area contributed by atoms with Crippen molar-refractivity contribution in [2.45, 2.75) is 30.1 Å². The van der Waals surface area contributed by atoms with Gasteiger partial charge in [0.25, 0.3) is 6.01 Å². The van der Waals surface area contributed by atoms with E-state index in [1.807, 2.05) is 0 Å². The molecule has 4 nitrogen and oxygen atoms in total. The lowest BCUT2D eigenvalue weighted by Gasteiger charge is -2.17. The Labute approximate surface area is 124 Å².